The van der Waals surface area contributed by atoms with Gasteiger partial charge in [-0.2, -0.15) is 0 Å². The highest BCUT2D eigenvalue weighted by molar-refractivity contribution is 7.89. The average molecular weight is 297 g/mol. The smallest absolute Gasteiger partial charge is 0.314 e. The Kier molecular flexibility index (Phi) is 3.78. The van der Waals surface area contributed by atoms with Gasteiger partial charge in [-0.05, 0) is 31.5 Å². The van der Waals surface area contributed by atoms with Crippen molar-refractivity contribution in [2.24, 2.45) is 0 Å². The van der Waals surface area contributed by atoms with Gasteiger partial charge in [-0.1, -0.05) is 6.92 Å². The number of rotatable bonds is 4. The lowest BCUT2D eigenvalue weighted by atomic mass is 10.3. The summed E-state index contributed by atoms with van der Waals surface area (Å²) in [7, 11) is -3.65. The predicted molar refractivity (Wildman–Crippen MR) is 75.3 cm³/mol. The molecule has 0 aliphatic heterocycles. The Morgan fingerprint density at radius 2 is 1.75 bits per heavy atom. The molecule has 2 aromatic rings. The third-order valence-corrected chi connectivity index (χ3v) is 4.56. The first-order chi connectivity index (χ1) is 9.33. The number of nitrogens with one attached hydrogen (secondary N) is 3. The van der Waals surface area contributed by atoms with Crippen LogP contribution in [0.25, 0.3) is 11.0 Å². The number of H-pyrrole nitrogens is 2. The first kappa shape index (κ1) is 14.5. The summed E-state index contributed by atoms with van der Waals surface area (Å²) in [4.78, 5) is 27.2. The van der Waals surface area contributed by atoms with E-state index in [1.54, 1.807) is 6.92 Å². The van der Waals surface area contributed by atoms with Gasteiger partial charge in [0.1, 0.15) is 0 Å². The highest BCUT2D eigenvalue weighted by atomic mass is 32.2. The van der Waals surface area contributed by atoms with Gasteiger partial charge in [-0.3, -0.25) is 9.59 Å². The molecule has 0 saturated carbocycles. The van der Waals surface area contributed by atoms with Crippen LogP contribution >= 0.6 is 0 Å². The number of aromatic amines is 2. The van der Waals surface area contributed by atoms with Crippen molar-refractivity contribution in [1.82, 2.24) is 14.7 Å². The molecule has 1 unspecified atom stereocenters. The molecule has 3 N–H and O–H groups in total. The molecule has 1 heterocycles. The van der Waals surface area contributed by atoms with Gasteiger partial charge in [0, 0.05) is 6.04 Å². The van der Waals surface area contributed by atoms with Crippen molar-refractivity contribution in [3.63, 3.8) is 0 Å². The third kappa shape index (κ3) is 2.81. The topological polar surface area (TPSA) is 112 Å². The minimum absolute atomic E-state index is 0.0352. The Morgan fingerprint density at radius 1 is 1.15 bits per heavy atom. The molecule has 0 saturated heterocycles. The zero-order valence-corrected chi connectivity index (χ0v) is 11.9. The molecule has 0 radical (unpaired) electrons. The molecule has 1 atom stereocenters. The fourth-order valence-electron chi connectivity index (χ4n) is 1.68. The Hall–Kier alpha value is -1.93. The summed E-state index contributed by atoms with van der Waals surface area (Å²) in [6.45, 7) is 3.63. The van der Waals surface area contributed by atoms with Crippen LogP contribution in [0.15, 0.2) is 32.7 Å². The molecular formula is C12H15N3O4S. The van der Waals surface area contributed by atoms with E-state index >= 15 is 0 Å². The maximum atomic E-state index is 12.1. The standard InChI is InChI=1S/C12H15N3O4S/c1-3-7(2)15-20(18,19)8-4-5-9-10(6-8)14-12(17)11(16)13-9/h4-7,15H,3H2,1-2H3,(H,13,16)(H,14,17). The van der Waals surface area contributed by atoms with Crippen LogP contribution in [0.2, 0.25) is 0 Å². The molecule has 0 fully saturated rings. The number of sulfonamides is 1. The summed E-state index contributed by atoms with van der Waals surface area (Å²) in [5, 5.41) is 0. The summed E-state index contributed by atoms with van der Waals surface area (Å²) in [5.74, 6) is 0. The molecule has 20 heavy (non-hydrogen) atoms. The Labute approximate surface area is 115 Å². The molecule has 0 aliphatic carbocycles. The van der Waals surface area contributed by atoms with E-state index in [0.29, 0.717) is 11.9 Å². The van der Waals surface area contributed by atoms with Gasteiger partial charge in [0.25, 0.3) is 0 Å². The first-order valence-corrected chi connectivity index (χ1v) is 7.60. The summed E-state index contributed by atoms with van der Waals surface area (Å²) < 4.78 is 26.8. The summed E-state index contributed by atoms with van der Waals surface area (Å²) in [6, 6.07) is 3.95. The minimum atomic E-state index is -3.65. The highest BCUT2D eigenvalue weighted by Crippen LogP contribution is 2.14. The molecule has 8 heteroatoms. The molecule has 1 aromatic carbocycles. The van der Waals surface area contributed by atoms with Crippen LogP contribution in [-0.2, 0) is 10.0 Å². The quantitative estimate of drug-likeness (QED) is 0.704. The monoisotopic (exact) mass is 297 g/mol. The second kappa shape index (κ2) is 5.22. The fourth-order valence-corrected chi connectivity index (χ4v) is 3.03. The van der Waals surface area contributed by atoms with E-state index in [4.69, 9.17) is 0 Å². The second-order valence-electron chi connectivity index (χ2n) is 4.55. The van der Waals surface area contributed by atoms with Gasteiger partial charge in [0.15, 0.2) is 0 Å². The van der Waals surface area contributed by atoms with Gasteiger partial charge < -0.3 is 9.97 Å². The predicted octanol–water partition coefficient (Wildman–Crippen LogP) is 0.293. The van der Waals surface area contributed by atoms with E-state index in [1.807, 2.05) is 6.92 Å². The van der Waals surface area contributed by atoms with Crippen LogP contribution < -0.4 is 15.8 Å². The van der Waals surface area contributed by atoms with Crippen LogP contribution in [0.1, 0.15) is 20.3 Å². The summed E-state index contributed by atoms with van der Waals surface area (Å²) >= 11 is 0. The normalized spacial score (nSPS) is 13.5. The lowest BCUT2D eigenvalue weighted by Crippen LogP contribution is -2.32. The van der Waals surface area contributed by atoms with Crippen molar-refractivity contribution in [1.29, 1.82) is 0 Å². The maximum absolute atomic E-state index is 12.1. The number of aromatic nitrogens is 2. The van der Waals surface area contributed by atoms with Crippen molar-refractivity contribution < 1.29 is 8.42 Å². The summed E-state index contributed by atoms with van der Waals surface area (Å²) in [6.07, 6.45) is 0.664. The van der Waals surface area contributed by atoms with E-state index in [-0.39, 0.29) is 16.5 Å². The van der Waals surface area contributed by atoms with Gasteiger partial charge in [0.2, 0.25) is 10.0 Å². The number of hydrogen-bond donors (Lipinski definition) is 3. The fraction of sp³-hybridized carbons (Fsp3) is 0.333. The zero-order valence-electron chi connectivity index (χ0n) is 11.1. The van der Waals surface area contributed by atoms with Gasteiger partial charge in [-0.25, -0.2) is 13.1 Å². The molecule has 0 spiro atoms. The van der Waals surface area contributed by atoms with Crippen molar-refractivity contribution in [2.45, 2.75) is 31.2 Å². The lowest BCUT2D eigenvalue weighted by Gasteiger charge is -2.12. The molecular weight excluding hydrogens is 282 g/mol. The minimum Gasteiger partial charge on any atom is -0.316 e. The average Bonchev–Trinajstić information content (AvgIpc) is 2.39. The van der Waals surface area contributed by atoms with Gasteiger partial charge >= 0.3 is 11.1 Å². The maximum Gasteiger partial charge on any atom is 0.314 e. The largest absolute Gasteiger partial charge is 0.316 e. The van der Waals surface area contributed by atoms with Crippen LogP contribution in [0.3, 0.4) is 0 Å². The van der Waals surface area contributed by atoms with E-state index in [2.05, 4.69) is 14.7 Å². The van der Waals surface area contributed by atoms with Crippen LogP contribution in [-0.4, -0.2) is 24.4 Å². The van der Waals surface area contributed by atoms with E-state index < -0.39 is 21.1 Å². The number of fused-ring (bicyclic) bond motifs is 1. The molecule has 2 rings (SSSR count). The van der Waals surface area contributed by atoms with Gasteiger partial charge in [0.05, 0.1) is 15.9 Å². The van der Waals surface area contributed by atoms with Crippen LogP contribution in [0.5, 0.6) is 0 Å². The highest BCUT2D eigenvalue weighted by Gasteiger charge is 2.17. The van der Waals surface area contributed by atoms with Gasteiger partial charge in [-0.15, -0.1) is 0 Å². The van der Waals surface area contributed by atoms with E-state index in [9.17, 15) is 18.0 Å². The Morgan fingerprint density at radius 3 is 2.35 bits per heavy atom. The zero-order chi connectivity index (χ0) is 14.9. The Balaban J connectivity index is 2.54. The first-order valence-electron chi connectivity index (χ1n) is 6.12. The van der Waals surface area contributed by atoms with Crippen molar-refractivity contribution in [3.05, 3.63) is 38.9 Å². The molecule has 7 nitrogen and oxygen atoms in total. The van der Waals surface area contributed by atoms with Crippen molar-refractivity contribution >= 4 is 21.1 Å². The number of hydrogen-bond acceptors (Lipinski definition) is 4. The van der Waals surface area contributed by atoms with Crippen LogP contribution in [0, 0.1) is 0 Å². The van der Waals surface area contributed by atoms with E-state index in [0.717, 1.165) is 0 Å². The number of benzene rings is 1. The molecule has 0 amide bonds. The Bertz CT molecular complexity index is 851. The lowest BCUT2D eigenvalue weighted by molar-refractivity contribution is 0.556. The molecule has 0 bridgehead atoms. The molecule has 0 aliphatic rings. The SMILES string of the molecule is CCC(C)NS(=O)(=O)c1ccc2[nH]c(=O)c(=O)[nH]c2c1. The second-order valence-corrected chi connectivity index (χ2v) is 6.26. The third-order valence-electron chi connectivity index (χ3n) is 2.97. The summed E-state index contributed by atoms with van der Waals surface area (Å²) in [5.41, 5.74) is -0.952. The van der Waals surface area contributed by atoms with Crippen LogP contribution in [0.4, 0.5) is 0 Å². The van der Waals surface area contributed by atoms with Crippen molar-refractivity contribution in [2.75, 3.05) is 0 Å². The van der Waals surface area contributed by atoms with E-state index in [1.165, 1.54) is 18.2 Å². The molecule has 1 aromatic heterocycles. The molecule has 108 valence electrons. The van der Waals surface area contributed by atoms with Crippen molar-refractivity contribution in [3.8, 4) is 0 Å².